The molecular formula is C9H11N5O. The van der Waals surface area contributed by atoms with Crippen molar-refractivity contribution in [1.82, 2.24) is 20.0 Å². The Hall–Kier alpha value is -2.11. The summed E-state index contributed by atoms with van der Waals surface area (Å²) in [7, 11) is 1.73. The number of aryl methyl sites for hydroxylation is 2. The van der Waals surface area contributed by atoms with Crippen molar-refractivity contribution in [2.75, 3.05) is 5.32 Å². The molecule has 2 N–H and O–H groups in total. The van der Waals surface area contributed by atoms with Gasteiger partial charge < -0.3 is 5.32 Å². The van der Waals surface area contributed by atoms with E-state index < -0.39 is 0 Å². The summed E-state index contributed by atoms with van der Waals surface area (Å²) >= 11 is 0. The molecule has 0 spiro atoms. The zero-order chi connectivity index (χ0) is 10.8. The minimum Gasteiger partial charge on any atom is -0.318 e. The molecule has 0 aromatic carbocycles. The molecule has 2 aromatic rings. The first kappa shape index (κ1) is 9.45. The second-order valence-corrected chi connectivity index (χ2v) is 3.24. The molecule has 0 radical (unpaired) electrons. The van der Waals surface area contributed by atoms with E-state index in [2.05, 4.69) is 20.6 Å². The lowest BCUT2D eigenvalue weighted by Gasteiger charge is -2.01. The van der Waals surface area contributed by atoms with Crippen molar-refractivity contribution >= 4 is 11.6 Å². The molecule has 0 unspecified atom stereocenters. The van der Waals surface area contributed by atoms with E-state index in [0.717, 1.165) is 5.69 Å². The van der Waals surface area contributed by atoms with Gasteiger partial charge in [0.05, 0.1) is 17.6 Å². The summed E-state index contributed by atoms with van der Waals surface area (Å²) in [5, 5.41) is 13.1. The van der Waals surface area contributed by atoms with Crippen LogP contribution < -0.4 is 5.32 Å². The first-order valence-electron chi connectivity index (χ1n) is 4.47. The Morgan fingerprint density at radius 3 is 2.93 bits per heavy atom. The van der Waals surface area contributed by atoms with Gasteiger partial charge in [-0.2, -0.15) is 10.2 Å². The maximum absolute atomic E-state index is 11.7. The quantitative estimate of drug-likeness (QED) is 0.757. The van der Waals surface area contributed by atoms with Crippen LogP contribution in [0.5, 0.6) is 0 Å². The molecular weight excluding hydrogens is 194 g/mol. The highest BCUT2D eigenvalue weighted by Crippen LogP contribution is 2.07. The molecule has 2 rings (SSSR count). The fourth-order valence-electron chi connectivity index (χ4n) is 1.34. The molecule has 6 nitrogen and oxygen atoms in total. The maximum Gasteiger partial charge on any atom is 0.274 e. The molecule has 2 heterocycles. The Morgan fingerprint density at radius 1 is 1.60 bits per heavy atom. The molecule has 2 aromatic heterocycles. The average molecular weight is 205 g/mol. The Labute approximate surface area is 86.3 Å². The van der Waals surface area contributed by atoms with Gasteiger partial charge in [0.25, 0.3) is 5.91 Å². The smallest absolute Gasteiger partial charge is 0.274 e. The van der Waals surface area contributed by atoms with Gasteiger partial charge in [-0.25, -0.2) is 0 Å². The fourth-order valence-corrected chi connectivity index (χ4v) is 1.34. The van der Waals surface area contributed by atoms with Crippen molar-refractivity contribution in [1.29, 1.82) is 0 Å². The highest BCUT2D eigenvalue weighted by Gasteiger charge is 2.11. The monoisotopic (exact) mass is 205 g/mol. The van der Waals surface area contributed by atoms with E-state index in [1.807, 2.05) is 6.92 Å². The molecule has 6 heteroatoms. The number of H-pyrrole nitrogens is 1. The summed E-state index contributed by atoms with van der Waals surface area (Å²) in [5.41, 5.74) is 1.97. The largest absolute Gasteiger partial charge is 0.318 e. The van der Waals surface area contributed by atoms with Gasteiger partial charge in [-0.3, -0.25) is 14.6 Å². The van der Waals surface area contributed by atoms with Crippen molar-refractivity contribution in [3.05, 3.63) is 29.8 Å². The Balaban J connectivity index is 2.18. The van der Waals surface area contributed by atoms with E-state index in [0.29, 0.717) is 11.4 Å². The van der Waals surface area contributed by atoms with Crippen LogP contribution >= 0.6 is 0 Å². The van der Waals surface area contributed by atoms with Gasteiger partial charge in [-0.05, 0) is 13.0 Å². The fraction of sp³-hybridized carbons (Fsp3) is 0.222. The number of anilines is 1. The number of aromatic amines is 1. The molecule has 0 fully saturated rings. The van der Waals surface area contributed by atoms with Gasteiger partial charge in [-0.15, -0.1) is 0 Å². The van der Waals surface area contributed by atoms with E-state index in [1.165, 1.54) is 0 Å². The Bertz CT molecular complexity index is 471. The topological polar surface area (TPSA) is 75.6 Å². The predicted octanol–water partition coefficient (Wildman–Crippen LogP) is 0.704. The van der Waals surface area contributed by atoms with Crippen molar-refractivity contribution in [3.8, 4) is 0 Å². The van der Waals surface area contributed by atoms with E-state index >= 15 is 0 Å². The van der Waals surface area contributed by atoms with Gasteiger partial charge in [-0.1, -0.05) is 0 Å². The number of nitrogens with zero attached hydrogens (tertiary/aromatic N) is 3. The number of amides is 1. The first-order valence-corrected chi connectivity index (χ1v) is 4.47. The number of carbonyl (C=O) groups excluding carboxylic acids is 1. The molecule has 1 amide bonds. The van der Waals surface area contributed by atoms with Gasteiger partial charge in [0.2, 0.25) is 0 Å². The molecule has 0 aliphatic rings. The van der Waals surface area contributed by atoms with Crippen molar-refractivity contribution in [2.24, 2.45) is 7.05 Å². The van der Waals surface area contributed by atoms with E-state index in [9.17, 15) is 4.79 Å². The minimum atomic E-state index is -0.195. The second-order valence-electron chi connectivity index (χ2n) is 3.24. The molecule has 0 atom stereocenters. The summed E-state index contributed by atoms with van der Waals surface area (Å²) in [5.74, 6) is -0.195. The molecule has 78 valence electrons. The van der Waals surface area contributed by atoms with Gasteiger partial charge in [0, 0.05) is 13.2 Å². The van der Waals surface area contributed by atoms with Crippen LogP contribution in [0.25, 0.3) is 0 Å². The number of rotatable bonds is 2. The third-order valence-corrected chi connectivity index (χ3v) is 1.99. The zero-order valence-electron chi connectivity index (χ0n) is 8.48. The third kappa shape index (κ3) is 1.88. The maximum atomic E-state index is 11.7. The number of nitrogens with one attached hydrogen (secondary N) is 2. The lowest BCUT2D eigenvalue weighted by molar-refractivity contribution is 0.101. The van der Waals surface area contributed by atoms with Crippen LogP contribution in [0.3, 0.4) is 0 Å². The number of hydrogen-bond acceptors (Lipinski definition) is 3. The summed E-state index contributed by atoms with van der Waals surface area (Å²) in [4.78, 5) is 11.7. The van der Waals surface area contributed by atoms with E-state index in [-0.39, 0.29) is 5.91 Å². The Morgan fingerprint density at radius 2 is 2.40 bits per heavy atom. The lowest BCUT2D eigenvalue weighted by Crippen LogP contribution is -2.15. The van der Waals surface area contributed by atoms with Crippen LogP contribution in [0, 0.1) is 6.92 Å². The zero-order valence-corrected chi connectivity index (χ0v) is 8.48. The van der Waals surface area contributed by atoms with Crippen molar-refractivity contribution in [3.63, 3.8) is 0 Å². The van der Waals surface area contributed by atoms with Gasteiger partial charge >= 0.3 is 0 Å². The Kier molecular flexibility index (Phi) is 2.24. The van der Waals surface area contributed by atoms with Crippen molar-refractivity contribution in [2.45, 2.75) is 6.92 Å². The number of aromatic nitrogens is 4. The van der Waals surface area contributed by atoms with Crippen LogP contribution in [0.1, 0.15) is 16.2 Å². The molecule has 0 aliphatic carbocycles. The molecule has 0 saturated carbocycles. The summed E-state index contributed by atoms with van der Waals surface area (Å²) in [6.07, 6.45) is 3.16. The average Bonchev–Trinajstić information content (AvgIpc) is 2.75. The normalized spacial score (nSPS) is 10.3. The van der Waals surface area contributed by atoms with Gasteiger partial charge in [0.1, 0.15) is 5.69 Å². The summed E-state index contributed by atoms with van der Waals surface area (Å²) in [6.45, 7) is 1.84. The van der Waals surface area contributed by atoms with E-state index in [4.69, 9.17) is 0 Å². The molecule has 15 heavy (non-hydrogen) atoms. The van der Waals surface area contributed by atoms with Crippen LogP contribution in [-0.2, 0) is 7.05 Å². The number of carbonyl (C=O) groups is 1. The standard InChI is InChI=1S/C9H11N5O/c1-6-3-8(14(2)13-6)9(15)12-7-4-10-11-5-7/h3-5H,1-2H3,(H,10,11)(H,12,15). The van der Waals surface area contributed by atoms with Crippen molar-refractivity contribution < 1.29 is 4.79 Å². The predicted molar refractivity (Wildman–Crippen MR) is 54.5 cm³/mol. The summed E-state index contributed by atoms with van der Waals surface area (Å²) in [6, 6.07) is 1.73. The number of hydrogen-bond donors (Lipinski definition) is 2. The minimum absolute atomic E-state index is 0.195. The SMILES string of the molecule is Cc1cc(C(=O)Nc2cn[nH]c2)n(C)n1. The molecule has 0 bridgehead atoms. The third-order valence-electron chi connectivity index (χ3n) is 1.99. The first-order chi connectivity index (χ1) is 7.16. The summed E-state index contributed by atoms with van der Waals surface area (Å²) < 4.78 is 1.55. The van der Waals surface area contributed by atoms with Gasteiger partial charge in [0.15, 0.2) is 0 Å². The van der Waals surface area contributed by atoms with Crippen LogP contribution in [0.4, 0.5) is 5.69 Å². The van der Waals surface area contributed by atoms with Crippen LogP contribution in [0.2, 0.25) is 0 Å². The lowest BCUT2D eigenvalue weighted by atomic mass is 10.3. The second kappa shape index (κ2) is 3.56. The van der Waals surface area contributed by atoms with Crippen LogP contribution in [-0.4, -0.2) is 25.9 Å². The molecule has 0 aliphatic heterocycles. The molecule has 0 saturated heterocycles. The highest BCUT2D eigenvalue weighted by molar-refractivity contribution is 6.02. The van der Waals surface area contributed by atoms with Crippen LogP contribution in [0.15, 0.2) is 18.5 Å². The van der Waals surface area contributed by atoms with E-state index in [1.54, 1.807) is 30.2 Å². The highest BCUT2D eigenvalue weighted by atomic mass is 16.2.